The molecule has 0 fully saturated rings. The Morgan fingerprint density at radius 1 is 1.17 bits per heavy atom. The van der Waals surface area contributed by atoms with E-state index >= 15 is 0 Å². The molecule has 0 saturated heterocycles. The molecule has 1 aliphatic rings. The average Bonchev–Trinajstić information content (AvgIpc) is 2.73. The number of fused-ring (bicyclic) bond motifs is 3. The highest BCUT2D eigenvalue weighted by molar-refractivity contribution is 6.35. The van der Waals surface area contributed by atoms with E-state index in [1.54, 1.807) is 11.3 Å². The molecule has 0 atom stereocenters. The van der Waals surface area contributed by atoms with Crippen molar-refractivity contribution in [3.63, 3.8) is 0 Å². The Bertz CT molecular complexity index is 821. The molecule has 0 aliphatic carbocycles. The van der Waals surface area contributed by atoms with E-state index in [1.165, 1.54) is 41.2 Å². The van der Waals surface area contributed by atoms with Gasteiger partial charge in [-0.15, -0.1) is 0 Å². The standard InChI is InChI=1S/C20H22BN2/c1-15-4-5-20-17(13-15)18-14-21-9-2-3-19(18)23(20)12-8-16-6-10-22-11-7-16/h4-7,10-11,13H,2-3,8-9,12,14H2,1H3. The van der Waals surface area contributed by atoms with Crippen LogP contribution >= 0.6 is 0 Å². The van der Waals surface area contributed by atoms with Crippen LogP contribution in [0.3, 0.4) is 0 Å². The fourth-order valence-electron chi connectivity index (χ4n) is 3.81. The maximum absolute atomic E-state index is 4.12. The van der Waals surface area contributed by atoms with Gasteiger partial charge in [0.1, 0.15) is 7.28 Å². The Hall–Kier alpha value is -2.03. The van der Waals surface area contributed by atoms with E-state index in [9.17, 15) is 0 Å². The van der Waals surface area contributed by atoms with Crippen molar-refractivity contribution in [2.45, 2.75) is 45.4 Å². The Morgan fingerprint density at radius 3 is 2.91 bits per heavy atom. The largest absolute Gasteiger partial charge is 0.344 e. The van der Waals surface area contributed by atoms with E-state index in [1.807, 2.05) is 12.4 Å². The van der Waals surface area contributed by atoms with Crippen molar-refractivity contribution in [2.24, 2.45) is 0 Å². The minimum absolute atomic E-state index is 1.05. The summed E-state index contributed by atoms with van der Waals surface area (Å²) in [6.07, 6.45) is 9.69. The third-order valence-corrected chi connectivity index (χ3v) is 4.99. The Morgan fingerprint density at radius 2 is 2.04 bits per heavy atom. The Labute approximate surface area is 138 Å². The first-order valence-electron chi connectivity index (χ1n) is 8.64. The summed E-state index contributed by atoms with van der Waals surface area (Å²) in [5.74, 6) is 0. The Balaban J connectivity index is 1.76. The van der Waals surface area contributed by atoms with Gasteiger partial charge in [-0.1, -0.05) is 30.7 Å². The summed E-state index contributed by atoms with van der Waals surface area (Å²) in [7, 11) is 2.46. The van der Waals surface area contributed by atoms with Crippen molar-refractivity contribution in [1.82, 2.24) is 9.55 Å². The number of hydrogen-bond acceptors (Lipinski definition) is 1. The van der Waals surface area contributed by atoms with Crippen molar-refractivity contribution < 1.29 is 0 Å². The van der Waals surface area contributed by atoms with Gasteiger partial charge in [0.25, 0.3) is 0 Å². The second kappa shape index (κ2) is 6.23. The molecule has 2 nitrogen and oxygen atoms in total. The minimum atomic E-state index is 1.05. The van der Waals surface area contributed by atoms with Crippen LogP contribution in [0.4, 0.5) is 0 Å². The SMILES string of the molecule is Cc1ccc2c(c1)c1c(n2CCc2ccncc2)CCC[B]C1. The number of nitrogens with zero attached hydrogens (tertiary/aromatic N) is 2. The lowest BCUT2D eigenvalue weighted by Crippen LogP contribution is -2.06. The molecule has 0 unspecified atom stereocenters. The highest BCUT2D eigenvalue weighted by Crippen LogP contribution is 2.31. The highest BCUT2D eigenvalue weighted by atomic mass is 15.0. The summed E-state index contributed by atoms with van der Waals surface area (Å²) in [5.41, 5.74) is 7.26. The van der Waals surface area contributed by atoms with Gasteiger partial charge in [-0.05, 0) is 55.2 Å². The lowest BCUT2D eigenvalue weighted by molar-refractivity contribution is 0.672. The summed E-state index contributed by atoms with van der Waals surface area (Å²) >= 11 is 0. The van der Waals surface area contributed by atoms with Crippen LogP contribution in [0.1, 0.15) is 28.8 Å². The summed E-state index contributed by atoms with van der Waals surface area (Å²) in [4.78, 5) is 4.12. The molecule has 0 bridgehead atoms. The Kier molecular flexibility index (Phi) is 3.94. The van der Waals surface area contributed by atoms with Crippen LogP contribution in [-0.2, 0) is 25.7 Å². The van der Waals surface area contributed by atoms with E-state index in [0.717, 1.165) is 19.3 Å². The predicted octanol–water partition coefficient (Wildman–Crippen LogP) is 4.16. The van der Waals surface area contributed by atoms with E-state index < -0.39 is 0 Å². The highest BCUT2D eigenvalue weighted by Gasteiger charge is 2.19. The van der Waals surface area contributed by atoms with Gasteiger partial charge >= 0.3 is 0 Å². The first kappa shape index (κ1) is 14.6. The average molecular weight is 301 g/mol. The van der Waals surface area contributed by atoms with Gasteiger partial charge in [-0.3, -0.25) is 4.98 Å². The maximum Gasteiger partial charge on any atom is 0.115 e. The predicted molar refractivity (Wildman–Crippen MR) is 97.2 cm³/mol. The van der Waals surface area contributed by atoms with Crippen molar-refractivity contribution in [3.05, 3.63) is 65.1 Å². The zero-order valence-corrected chi connectivity index (χ0v) is 13.8. The molecular formula is C20H22BN2. The fraction of sp³-hybridized carbons (Fsp3) is 0.350. The van der Waals surface area contributed by atoms with Crippen LogP contribution in [-0.4, -0.2) is 16.8 Å². The van der Waals surface area contributed by atoms with Gasteiger partial charge in [0, 0.05) is 35.5 Å². The van der Waals surface area contributed by atoms with E-state index in [-0.39, 0.29) is 0 Å². The third-order valence-electron chi connectivity index (χ3n) is 4.99. The quantitative estimate of drug-likeness (QED) is 0.664. The smallest absolute Gasteiger partial charge is 0.115 e. The molecule has 1 aromatic carbocycles. The van der Waals surface area contributed by atoms with Gasteiger partial charge in [0.05, 0.1) is 0 Å². The zero-order chi connectivity index (χ0) is 15.6. The molecule has 0 N–H and O–H groups in total. The summed E-state index contributed by atoms with van der Waals surface area (Å²) < 4.78 is 2.57. The maximum atomic E-state index is 4.12. The van der Waals surface area contributed by atoms with Gasteiger partial charge in [-0.25, -0.2) is 0 Å². The number of rotatable bonds is 3. The van der Waals surface area contributed by atoms with Crippen LogP contribution in [0.15, 0.2) is 42.7 Å². The van der Waals surface area contributed by atoms with Crippen LogP contribution in [0.25, 0.3) is 10.9 Å². The van der Waals surface area contributed by atoms with Crippen LogP contribution in [0.2, 0.25) is 6.32 Å². The molecule has 23 heavy (non-hydrogen) atoms. The third kappa shape index (κ3) is 2.80. The van der Waals surface area contributed by atoms with Crippen LogP contribution in [0.5, 0.6) is 0 Å². The van der Waals surface area contributed by atoms with Crippen molar-refractivity contribution in [2.75, 3.05) is 0 Å². The lowest BCUT2D eigenvalue weighted by atomic mass is 9.69. The summed E-state index contributed by atoms with van der Waals surface area (Å²) in [6.45, 7) is 3.25. The molecule has 1 radical (unpaired) electrons. The molecule has 0 spiro atoms. The van der Waals surface area contributed by atoms with Gasteiger partial charge in [0.15, 0.2) is 0 Å². The second-order valence-corrected chi connectivity index (χ2v) is 6.59. The van der Waals surface area contributed by atoms with Gasteiger partial charge < -0.3 is 4.57 Å². The molecular weight excluding hydrogens is 279 g/mol. The molecule has 3 heteroatoms. The first-order chi connectivity index (χ1) is 11.3. The van der Waals surface area contributed by atoms with Crippen molar-refractivity contribution in [3.8, 4) is 0 Å². The normalized spacial score (nSPS) is 14.3. The number of aromatic nitrogens is 2. The van der Waals surface area contributed by atoms with E-state index in [2.05, 4.69) is 54.1 Å². The van der Waals surface area contributed by atoms with Gasteiger partial charge in [0.2, 0.25) is 0 Å². The molecule has 2 aromatic heterocycles. The van der Waals surface area contributed by atoms with Crippen LogP contribution < -0.4 is 0 Å². The number of pyridine rings is 1. The van der Waals surface area contributed by atoms with Crippen molar-refractivity contribution in [1.29, 1.82) is 0 Å². The number of benzene rings is 1. The number of aryl methyl sites for hydroxylation is 3. The zero-order valence-electron chi connectivity index (χ0n) is 13.8. The van der Waals surface area contributed by atoms with Crippen LogP contribution in [0, 0.1) is 6.92 Å². The minimum Gasteiger partial charge on any atom is -0.344 e. The molecule has 0 saturated carbocycles. The monoisotopic (exact) mass is 301 g/mol. The molecule has 3 heterocycles. The molecule has 3 aromatic rings. The van der Waals surface area contributed by atoms with E-state index in [0.29, 0.717) is 0 Å². The van der Waals surface area contributed by atoms with Gasteiger partial charge in [-0.2, -0.15) is 0 Å². The van der Waals surface area contributed by atoms with E-state index in [4.69, 9.17) is 0 Å². The summed E-state index contributed by atoms with van der Waals surface area (Å²) in [6, 6.07) is 11.2. The first-order valence-corrected chi connectivity index (χ1v) is 8.64. The lowest BCUT2D eigenvalue weighted by Gasteiger charge is -2.11. The second-order valence-electron chi connectivity index (χ2n) is 6.59. The molecule has 1 aliphatic heterocycles. The fourth-order valence-corrected chi connectivity index (χ4v) is 3.81. The number of hydrogen-bond donors (Lipinski definition) is 0. The molecule has 4 rings (SSSR count). The summed E-state index contributed by atoms with van der Waals surface area (Å²) in [5, 5.41) is 1.47. The topological polar surface area (TPSA) is 17.8 Å². The molecule has 0 amide bonds. The molecule has 115 valence electrons. The van der Waals surface area contributed by atoms with Crippen molar-refractivity contribution >= 4 is 18.2 Å².